The van der Waals surface area contributed by atoms with Gasteiger partial charge < -0.3 is 5.11 Å². The zero-order chi connectivity index (χ0) is 10.4. The predicted octanol–water partition coefficient (Wildman–Crippen LogP) is 3.17. The van der Waals surface area contributed by atoms with Crippen LogP contribution in [0, 0.1) is 0 Å². The summed E-state index contributed by atoms with van der Waals surface area (Å²) in [5, 5.41) is 9.15. The highest BCUT2D eigenvalue weighted by Crippen LogP contribution is 2.57. The Balaban J connectivity index is 2.36. The number of hydrogen-bond acceptors (Lipinski definition) is 1. The van der Waals surface area contributed by atoms with E-state index in [1.807, 2.05) is 12.1 Å². The third kappa shape index (κ3) is 1.29. The maximum Gasteiger partial charge on any atom is 0.115 e. The Morgan fingerprint density at radius 2 is 1.71 bits per heavy atom. The van der Waals surface area contributed by atoms with Crippen LogP contribution < -0.4 is 0 Å². The lowest BCUT2D eigenvalue weighted by Crippen LogP contribution is -2.31. The van der Waals surface area contributed by atoms with Crippen molar-refractivity contribution in [3.05, 3.63) is 29.8 Å². The normalized spacial score (nSPS) is 19.4. The van der Waals surface area contributed by atoms with Gasteiger partial charge in [-0.25, -0.2) is 4.39 Å². The number of phenols is 1. The Morgan fingerprint density at radius 3 is 2.07 bits per heavy atom. The van der Waals surface area contributed by atoms with Gasteiger partial charge in [0, 0.05) is 5.41 Å². The van der Waals surface area contributed by atoms with Crippen LogP contribution in [0.1, 0.15) is 32.3 Å². The summed E-state index contributed by atoms with van der Waals surface area (Å²) in [5.41, 5.74) is -0.479. The first-order valence-electron chi connectivity index (χ1n) is 4.94. The van der Waals surface area contributed by atoms with Crippen LogP contribution in [-0.4, -0.2) is 10.8 Å². The van der Waals surface area contributed by atoms with Gasteiger partial charge in [-0.3, -0.25) is 0 Å². The van der Waals surface area contributed by atoms with Crippen molar-refractivity contribution in [1.82, 2.24) is 0 Å². The maximum absolute atomic E-state index is 14.0. The molecular weight excluding hydrogens is 179 g/mol. The fourth-order valence-corrected chi connectivity index (χ4v) is 2.13. The van der Waals surface area contributed by atoms with Gasteiger partial charge in [-0.15, -0.1) is 0 Å². The molecule has 1 nitrogen and oxygen atoms in total. The van der Waals surface area contributed by atoms with E-state index < -0.39 is 5.67 Å². The van der Waals surface area contributed by atoms with E-state index in [0.29, 0.717) is 0 Å². The average molecular weight is 194 g/mol. The molecule has 2 rings (SSSR count). The van der Waals surface area contributed by atoms with E-state index in [1.165, 1.54) is 0 Å². The van der Waals surface area contributed by atoms with Gasteiger partial charge in [-0.2, -0.15) is 0 Å². The standard InChI is InChI=1S/C12H15FO/c1-11(2,13)12(7-8-12)9-3-5-10(14)6-4-9/h3-6,14H,7-8H2,1-2H3. The van der Waals surface area contributed by atoms with Gasteiger partial charge in [0.05, 0.1) is 0 Å². The fourth-order valence-electron chi connectivity index (χ4n) is 2.13. The number of rotatable bonds is 2. The number of halogens is 1. The van der Waals surface area contributed by atoms with Crippen LogP contribution in [0.25, 0.3) is 0 Å². The van der Waals surface area contributed by atoms with E-state index in [9.17, 15) is 4.39 Å². The summed E-state index contributed by atoms with van der Waals surface area (Å²) >= 11 is 0. The van der Waals surface area contributed by atoms with E-state index >= 15 is 0 Å². The van der Waals surface area contributed by atoms with Crippen molar-refractivity contribution in [3.63, 3.8) is 0 Å². The second-order valence-corrected chi connectivity index (χ2v) is 4.60. The van der Waals surface area contributed by atoms with E-state index in [2.05, 4.69) is 0 Å². The maximum atomic E-state index is 14.0. The Labute approximate surface area is 83.6 Å². The van der Waals surface area contributed by atoms with Crippen LogP contribution >= 0.6 is 0 Å². The molecule has 0 spiro atoms. The lowest BCUT2D eigenvalue weighted by atomic mass is 9.82. The number of benzene rings is 1. The molecule has 76 valence electrons. The van der Waals surface area contributed by atoms with Gasteiger partial charge in [0.1, 0.15) is 11.4 Å². The number of aromatic hydroxyl groups is 1. The lowest BCUT2D eigenvalue weighted by Gasteiger charge is -2.27. The highest BCUT2D eigenvalue weighted by atomic mass is 19.1. The second-order valence-electron chi connectivity index (χ2n) is 4.60. The lowest BCUT2D eigenvalue weighted by molar-refractivity contribution is 0.156. The SMILES string of the molecule is CC(C)(F)C1(c2ccc(O)cc2)CC1. The summed E-state index contributed by atoms with van der Waals surface area (Å²) in [6.07, 6.45) is 1.81. The van der Waals surface area contributed by atoms with Gasteiger partial charge in [-0.05, 0) is 44.4 Å². The third-order valence-electron chi connectivity index (χ3n) is 3.31. The monoisotopic (exact) mass is 194 g/mol. The van der Waals surface area contributed by atoms with Crippen molar-refractivity contribution in [2.75, 3.05) is 0 Å². The molecule has 1 N–H and O–H groups in total. The average Bonchev–Trinajstić information content (AvgIpc) is 2.84. The molecule has 0 aromatic heterocycles. The highest BCUT2D eigenvalue weighted by molar-refractivity contribution is 5.38. The largest absolute Gasteiger partial charge is 0.508 e. The minimum atomic E-state index is -1.18. The summed E-state index contributed by atoms with van der Waals surface area (Å²) in [5.74, 6) is 0.237. The Bertz CT molecular complexity index is 330. The summed E-state index contributed by atoms with van der Waals surface area (Å²) in [6, 6.07) is 6.90. The zero-order valence-corrected chi connectivity index (χ0v) is 8.55. The van der Waals surface area contributed by atoms with E-state index in [-0.39, 0.29) is 11.2 Å². The number of hydrogen-bond donors (Lipinski definition) is 1. The molecule has 0 atom stereocenters. The Morgan fingerprint density at radius 1 is 1.21 bits per heavy atom. The van der Waals surface area contributed by atoms with Crippen LogP contribution in [0.15, 0.2) is 24.3 Å². The molecule has 0 radical (unpaired) electrons. The van der Waals surface area contributed by atoms with Gasteiger partial charge in [0.15, 0.2) is 0 Å². The van der Waals surface area contributed by atoms with Crippen molar-refractivity contribution < 1.29 is 9.50 Å². The van der Waals surface area contributed by atoms with Crippen LogP contribution in [-0.2, 0) is 5.41 Å². The topological polar surface area (TPSA) is 20.2 Å². The van der Waals surface area contributed by atoms with Crippen molar-refractivity contribution >= 4 is 0 Å². The highest BCUT2D eigenvalue weighted by Gasteiger charge is 2.56. The quantitative estimate of drug-likeness (QED) is 0.766. The Kier molecular flexibility index (Phi) is 1.85. The predicted molar refractivity (Wildman–Crippen MR) is 54.2 cm³/mol. The summed E-state index contributed by atoms with van der Waals surface area (Å²) in [6.45, 7) is 3.26. The molecule has 1 aliphatic rings. The molecular formula is C12H15FO. The van der Waals surface area contributed by atoms with Gasteiger partial charge in [0.2, 0.25) is 0 Å². The first kappa shape index (κ1) is 9.50. The van der Waals surface area contributed by atoms with E-state index in [1.54, 1.807) is 26.0 Å². The molecule has 0 bridgehead atoms. The molecule has 1 saturated carbocycles. The molecule has 0 saturated heterocycles. The van der Waals surface area contributed by atoms with Crippen LogP contribution in [0.5, 0.6) is 5.75 Å². The van der Waals surface area contributed by atoms with Crippen molar-refractivity contribution in [1.29, 1.82) is 0 Å². The zero-order valence-electron chi connectivity index (χ0n) is 8.55. The first-order chi connectivity index (χ1) is 6.46. The van der Waals surface area contributed by atoms with E-state index in [0.717, 1.165) is 18.4 Å². The number of phenolic OH excluding ortho intramolecular Hbond substituents is 1. The van der Waals surface area contributed by atoms with Gasteiger partial charge in [-0.1, -0.05) is 12.1 Å². The van der Waals surface area contributed by atoms with Crippen molar-refractivity contribution in [2.45, 2.75) is 37.8 Å². The second kappa shape index (κ2) is 2.72. The minimum Gasteiger partial charge on any atom is -0.508 e. The summed E-state index contributed by atoms with van der Waals surface area (Å²) in [4.78, 5) is 0. The minimum absolute atomic E-state index is 0.237. The van der Waals surface area contributed by atoms with Crippen molar-refractivity contribution in [2.24, 2.45) is 0 Å². The molecule has 2 heteroatoms. The molecule has 14 heavy (non-hydrogen) atoms. The van der Waals surface area contributed by atoms with Crippen molar-refractivity contribution in [3.8, 4) is 5.75 Å². The smallest absolute Gasteiger partial charge is 0.115 e. The molecule has 1 aromatic rings. The van der Waals surface area contributed by atoms with Crippen LogP contribution in [0.3, 0.4) is 0 Å². The molecule has 1 aromatic carbocycles. The van der Waals surface area contributed by atoms with E-state index in [4.69, 9.17) is 5.11 Å². The fraction of sp³-hybridized carbons (Fsp3) is 0.500. The molecule has 0 amide bonds. The van der Waals surface area contributed by atoms with Gasteiger partial charge >= 0.3 is 0 Å². The molecule has 0 unspecified atom stereocenters. The summed E-state index contributed by atoms with van der Waals surface area (Å²) in [7, 11) is 0. The number of alkyl halides is 1. The van der Waals surface area contributed by atoms with Crippen LogP contribution in [0.4, 0.5) is 4.39 Å². The Hall–Kier alpha value is -1.05. The molecule has 1 aliphatic carbocycles. The molecule has 1 fully saturated rings. The third-order valence-corrected chi connectivity index (χ3v) is 3.31. The van der Waals surface area contributed by atoms with Crippen LogP contribution in [0.2, 0.25) is 0 Å². The molecule has 0 aliphatic heterocycles. The van der Waals surface area contributed by atoms with Gasteiger partial charge in [0.25, 0.3) is 0 Å². The summed E-state index contributed by atoms with van der Waals surface area (Å²) < 4.78 is 14.0. The first-order valence-corrected chi connectivity index (χ1v) is 4.94. The molecule has 0 heterocycles.